The van der Waals surface area contributed by atoms with Gasteiger partial charge in [0, 0.05) is 17.3 Å². The first-order valence-electron chi connectivity index (χ1n) is 7.34. The molecule has 0 saturated heterocycles. The molecule has 1 amide bonds. The molecule has 2 aromatic rings. The summed E-state index contributed by atoms with van der Waals surface area (Å²) in [5, 5.41) is 13.0. The van der Waals surface area contributed by atoms with E-state index in [-0.39, 0.29) is 29.8 Å². The van der Waals surface area contributed by atoms with Crippen molar-refractivity contribution in [2.75, 3.05) is 6.61 Å². The molecule has 2 rings (SSSR count). The molecule has 0 fully saturated rings. The number of fused-ring (bicyclic) bond motifs is 1. The van der Waals surface area contributed by atoms with Gasteiger partial charge in [-0.25, -0.2) is 4.39 Å². The summed E-state index contributed by atoms with van der Waals surface area (Å²) < 4.78 is 14.3. The lowest BCUT2D eigenvalue weighted by Gasteiger charge is -2.31. The molecule has 0 aliphatic rings. The van der Waals surface area contributed by atoms with Crippen molar-refractivity contribution >= 4 is 27.3 Å². The first-order chi connectivity index (χ1) is 10.2. The van der Waals surface area contributed by atoms with Crippen molar-refractivity contribution < 1.29 is 14.3 Å². The SMILES string of the molecule is Cc1c(C(=O)NC(CCO)C(C)(C)C)sc2ccc(F)cc12. The van der Waals surface area contributed by atoms with E-state index >= 15 is 0 Å². The molecule has 1 aromatic carbocycles. The van der Waals surface area contributed by atoms with Crippen molar-refractivity contribution in [3.05, 3.63) is 34.5 Å². The molecule has 2 N–H and O–H groups in total. The van der Waals surface area contributed by atoms with Crippen LogP contribution in [0.25, 0.3) is 10.1 Å². The van der Waals surface area contributed by atoms with Crippen LogP contribution in [-0.2, 0) is 0 Å². The Morgan fingerprint density at radius 1 is 1.41 bits per heavy atom. The van der Waals surface area contributed by atoms with Crippen LogP contribution in [-0.4, -0.2) is 23.7 Å². The molecule has 0 aliphatic heterocycles. The van der Waals surface area contributed by atoms with Crippen LogP contribution < -0.4 is 5.32 Å². The fourth-order valence-electron chi connectivity index (χ4n) is 2.48. The summed E-state index contributed by atoms with van der Waals surface area (Å²) in [6, 6.07) is 4.45. The van der Waals surface area contributed by atoms with Gasteiger partial charge in [-0.3, -0.25) is 4.79 Å². The number of thiophene rings is 1. The minimum absolute atomic E-state index is 0.0266. The Bertz CT molecular complexity index is 688. The Morgan fingerprint density at radius 2 is 2.09 bits per heavy atom. The van der Waals surface area contributed by atoms with E-state index in [2.05, 4.69) is 5.32 Å². The van der Waals surface area contributed by atoms with Gasteiger partial charge >= 0.3 is 0 Å². The molecule has 1 unspecified atom stereocenters. The monoisotopic (exact) mass is 323 g/mol. The zero-order chi connectivity index (χ0) is 16.5. The standard InChI is InChI=1S/C17H22FNO2S/c1-10-12-9-11(18)5-6-13(12)22-15(10)16(21)19-14(7-8-20)17(2,3)4/h5-6,9,14,20H,7-8H2,1-4H3,(H,19,21). The second kappa shape index (κ2) is 6.34. The lowest BCUT2D eigenvalue weighted by atomic mass is 9.85. The van der Waals surface area contributed by atoms with Crippen LogP contribution in [0.5, 0.6) is 0 Å². The van der Waals surface area contributed by atoms with Gasteiger partial charge in [0.2, 0.25) is 0 Å². The summed E-state index contributed by atoms with van der Waals surface area (Å²) in [5.74, 6) is -0.458. The number of aliphatic hydroxyl groups is 1. The van der Waals surface area contributed by atoms with Crippen LogP contribution in [0.2, 0.25) is 0 Å². The summed E-state index contributed by atoms with van der Waals surface area (Å²) in [5.41, 5.74) is 0.656. The summed E-state index contributed by atoms with van der Waals surface area (Å²) in [6.07, 6.45) is 0.508. The second-order valence-corrected chi connectivity index (χ2v) is 7.65. The third kappa shape index (κ3) is 3.47. The maximum Gasteiger partial charge on any atom is 0.261 e. The number of amides is 1. The summed E-state index contributed by atoms with van der Waals surface area (Å²) in [6.45, 7) is 7.95. The Labute approximate surface area is 134 Å². The van der Waals surface area contributed by atoms with Gasteiger partial charge in [0.15, 0.2) is 0 Å². The number of carbonyl (C=O) groups is 1. The van der Waals surface area contributed by atoms with Crippen molar-refractivity contribution in [1.82, 2.24) is 5.32 Å². The normalized spacial score (nSPS) is 13.4. The lowest BCUT2D eigenvalue weighted by Crippen LogP contribution is -2.44. The first kappa shape index (κ1) is 16.9. The average molecular weight is 323 g/mol. The highest BCUT2D eigenvalue weighted by Gasteiger charge is 2.27. The molecule has 1 aromatic heterocycles. The first-order valence-corrected chi connectivity index (χ1v) is 8.16. The number of hydrogen-bond acceptors (Lipinski definition) is 3. The Hall–Kier alpha value is -1.46. The molecule has 0 aliphatic carbocycles. The second-order valence-electron chi connectivity index (χ2n) is 6.60. The van der Waals surface area contributed by atoms with Crippen LogP contribution in [0.4, 0.5) is 4.39 Å². The van der Waals surface area contributed by atoms with Gasteiger partial charge in [0.25, 0.3) is 5.91 Å². The van der Waals surface area contributed by atoms with Crippen LogP contribution in [0.1, 0.15) is 42.4 Å². The van der Waals surface area contributed by atoms with Gasteiger partial charge in [-0.15, -0.1) is 11.3 Å². The highest BCUT2D eigenvalue weighted by molar-refractivity contribution is 7.21. The molecule has 22 heavy (non-hydrogen) atoms. The maximum atomic E-state index is 13.4. The van der Waals surface area contributed by atoms with Crippen LogP contribution in [0.15, 0.2) is 18.2 Å². The summed E-state index contributed by atoms with van der Waals surface area (Å²) in [7, 11) is 0. The molecule has 0 saturated carbocycles. The number of hydrogen-bond donors (Lipinski definition) is 2. The van der Waals surface area contributed by atoms with Gasteiger partial charge in [0.05, 0.1) is 4.88 Å². The van der Waals surface area contributed by atoms with Crippen molar-refractivity contribution in [2.45, 2.75) is 40.2 Å². The molecule has 1 heterocycles. The zero-order valence-corrected chi connectivity index (χ0v) is 14.2. The van der Waals surface area contributed by atoms with E-state index < -0.39 is 0 Å². The summed E-state index contributed by atoms with van der Waals surface area (Å²) in [4.78, 5) is 13.2. The highest BCUT2D eigenvalue weighted by Crippen LogP contribution is 2.32. The highest BCUT2D eigenvalue weighted by atomic mass is 32.1. The molecule has 0 spiro atoms. The van der Waals surface area contributed by atoms with Gasteiger partial charge in [-0.05, 0) is 47.9 Å². The van der Waals surface area contributed by atoms with E-state index in [1.54, 1.807) is 6.07 Å². The molecule has 0 bridgehead atoms. The van der Waals surface area contributed by atoms with E-state index in [1.807, 2.05) is 27.7 Å². The minimum atomic E-state index is -0.298. The van der Waals surface area contributed by atoms with Crippen molar-refractivity contribution in [3.8, 4) is 0 Å². The number of halogens is 1. The van der Waals surface area contributed by atoms with Gasteiger partial charge in [0.1, 0.15) is 5.82 Å². The minimum Gasteiger partial charge on any atom is -0.396 e. The number of rotatable bonds is 4. The number of nitrogens with one attached hydrogen (secondary N) is 1. The third-order valence-corrected chi connectivity index (χ3v) is 5.14. The molecule has 3 nitrogen and oxygen atoms in total. The number of carbonyl (C=O) groups excluding carboxylic acids is 1. The fourth-order valence-corrected chi connectivity index (χ4v) is 3.58. The van der Waals surface area contributed by atoms with Crippen LogP contribution in [0, 0.1) is 18.2 Å². The van der Waals surface area contributed by atoms with Crippen LogP contribution in [0.3, 0.4) is 0 Å². The van der Waals surface area contributed by atoms with Crippen molar-refractivity contribution in [2.24, 2.45) is 5.41 Å². The van der Waals surface area contributed by atoms with E-state index in [9.17, 15) is 14.3 Å². The largest absolute Gasteiger partial charge is 0.396 e. The Kier molecular flexibility index (Phi) is 4.87. The number of aryl methyl sites for hydroxylation is 1. The quantitative estimate of drug-likeness (QED) is 0.897. The molecule has 1 atom stereocenters. The Morgan fingerprint density at radius 3 is 2.68 bits per heavy atom. The van der Waals surface area contributed by atoms with E-state index in [1.165, 1.54) is 23.5 Å². The molecule has 0 radical (unpaired) electrons. The molecular formula is C17H22FNO2S. The van der Waals surface area contributed by atoms with E-state index in [4.69, 9.17) is 0 Å². The molecule has 5 heteroatoms. The van der Waals surface area contributed by atoms with E-state index in [0.717, 1.165) is 15.6 Å². The predicted molar refractivity (Wildman–Crippen MR) is 88.9 cm³/mol. The van der Waals surface area contributed by atoms with Gasteiger partial charge in [-0.2, -0.15) is 0 Å². The number of aliphatic hydroxyl groups excluding tert-OH is 1. The lowest BCUT2D eigenvalue weighted by molar-refractivity contribution is 0.0889. The average Bonchev–Trinajstić information content (AvgIpc) is 2.74. The predicted octanol–water partition coefficient (Wildman–Crippen LogP) is 3.88. The van der Waals surface area contributed by atoms with Crippen molar-refractivity contribution in [3.63, 3.8) is 0 Å². The van der Waals surface area contributed by atoms with Crippen molar-refractivity contribution in [1.29, 1.82) is 0 Å². The van der Waals surface area contributed by atoms with Crippen LogP contribution >= 0.6 is 11.3 Å². The molecule has 120 valence electrons. The number of benzene rings is 1. The van der Waals surface area contributed by atoms with E-state index in [0.29, 0.717) is 11.3 Å². The fraction of sp³-hybridized carbons (Fsp3) is 0.471. The smallest absolute Gasteiger partial charge is 0.261 e. The molecular weight excluding hydrogens is 301 g/mol. The topological polar surface area (TPSA) is 49.3 Å². The van der Waals surface area contributed by atoms with Gasteiger partial charge in [-0.1, -0.05) is 20.8 Å². The Balaban J connectivity index is 2.31. The maximum absolute atomic E-state index is 13.4. The van der Waals surface area contributed by atoms with Gasteiger partial charge < -0.3 is 10.4 Å². The zero-order valence-electron chi connectivity index (χ0n) is 13.4. The third-order valence-electron chi connectivity index (χ3n) is 3.87. The summed E-state index contributed by atoms with van der Waals surface area (Å²) >= 11 is 1.37.